The van der Waals surface area contributed by atoms with Crippen molar-refractivity contribution in [3.05, 3.63) is 30.1 Å². The maximum atomic E-state index is 13.1. The number of carbonyl (C=O) groups excluding carboxylic acids is 1. The lowest BCUT2D eigenvalue weighted by Gasteiger charge is -2.27. The molecule has 0 aliphatic carbocycles. The number of primary amides is 1. The lowest BCUT2D eigenvalue weighted by Crippen LogP contribution is -2.42. The number of rotatable bonds is 6. The number of nitrogens with zero attached hydrogens (tertiary/aromatic N) is 1. The molecule has 2 rings (SSSR count). The SMILES string of the molecule is CO[C@@]1(COc2cccc(F)c2)CCN(CC(N)=O)C1. The van der Waals surface area contributed by atoms with Crippen LogP contribution in [-0.2, 0) is 9.53 Å². The second-order valence-corrected chi connectivity index (χ2v) is 5.06. The second kappa shape index (κ2) is 6.19. The molecule has 1 aliphatic rings. The van der Waals surface area contributed by atoms with E-state index in [0.717, 1.165) is 13.0 Å². The highest BCUT2D eigenvalue weighted by molar-refractivity contribution is 5.75. The van der Waals surface area contributed by atoms with E-state index in [1.165, 1.54) is 12.1 Å². The topological polar surface area (TPSA) is 64.8 Å². The van der Waals surface area contributed by atoms with E-state index in [4.69, 9.17) is 15.2 Å². The Bertz CT molecular complexity index is 483. The smallest absolute Gasteiger partial charge is 0.231 e. The van der Waals surface area contributed by atoms with E-state index in [1.54, 1.807) is 19.2 Å². The molecule has 1 atom stereocenters. The molecule has 1 heterocycles. The molecule has 5 nitrogen and oxygen atoms in total. The zero-order valence-electron chi connectivity index (χ0n) is 11.5. The molecule has 0 radical (unpaired) electrons. The first-order valence-corrected chi connectivity index (χ1v) is 6.47. The first kappa shape index (κ1) is 14.7. The number of ether oxygens (including phenoxy) is 2. The van der Waals surface area contributed by atoms with Gasteiger partial charge < -0.3 is 15.2 Å². The molecule has 1 saturated heterocycles. The highest BCUT2D eigenvalue weighted by Crippen LogP contribution is 2.26. The molecular formula is C14H19FN2O3. The Labute approximate surface area is 117 Å². The third-order valence-electron chi connectivity index (χ3n) is 3.51. The average Bonchev–Trinajstić information content (AvgIpc) is 2.80. The molecule has 0 unspecified atom stereocenters. The summed E-state index contributed by atoms with van der Waals surface area (Å²) >= 11 is 0. The maximum absolute atomic E-state index is 13.1. The molecule has 0 bridgehead atoms. The summed E-state index contributed by atoms with van der Waals surface area (Å²) in [5.74, 6) is -0.228. The Hall–Kier alpha value is -1.66. The van der Waals surface area contributed by atoms with Gasteiger partial charge >= 0.3 is 0 Å². The quantitative estimate of drug-likeness (QED) is 0.837. The summed E-state index contributed by atoms with van der Waals surface area (Å²) in [6, 6.07) is 5.99. The molecule has 0 spiro atoms. The van der Waals surface area contributed by atoms with Gasteiger partial charge in [0.1, 0.15) is 23.8 Å². The van der Waals surface area contributed by atoms with E-state index >= 15 is 0 Å². The molecule has 1 aromatic rings. The normalized spacial score (nSPS) is 22.9. The minimum Gasteiger partial charge on any atom is -0.490 e. The van der Waals surface area contributed by atoms with E-state index in [9.17, 15) is 9.18 Å². The van der Waals surface area contributed by atoms with E-state index in [-0.39, 0.29) is 18.3 Å². The summed E-state index contributed by atoms with van der Waals surface area (Å²) in [7, 11) is 1.61. The van der Waals surface area contributed by atoms with Crippen LogP contribution < -0.4 is 10.5 Å². The van der Waals surface area contributed by atoms with Crippen molar-refractivity contribution in [2.45, 2.75) is 12.0 Å². The van der Waals surface area contributed by atoms with Crippen LogP contribution in [0.4, 0.5) is 4.39 Å². The van der Waals surface area contributed by atoms with Crippen LogP contribution in [-0.4, -0.2) is 49.8 Å². The van der Waals surface area contributed by atoms with Crippen molar-refractivity contribution in [2.75, 3.05) is 33.4 Å². The number of hydrogen-bond donors (Lipinski definition) is 1. The van der Waals surface area contributed by atoms with Crippen molar-refractivity contribution >= 4 is 5.91 Å². The van der Waals surface area contributed by atoms with Crippen molar-refractivity contribution in [3.8, 4) is 5.75 Å². The van der Waals surface area contributed by atoms with Gasteiger partial charge in [-0.2, -0.15) is 0 Å². The Morgan fingerprint density at radius 3 is 3.00 bits per heavy atom. The van der Waals surface area contributed by atoms with Gasteiger partial charge in [-0.15, -0.1) is 0 Å². The third kappa shape index (κ3) is 3.68. The zero-order valence-corrected chi connectivity index (χ0v) is 11.5. The van der Waals surface area contributed by atoms with Crippen LogP contribution in [0, 0.1) is 5.82 Å². The first-order chi connectivity index (χ1) is 9.53. The van der Waals surface area contributed by atoms with Gasteiger partial charge in [0, 0.05) is 26.3 Å². The standard InChI is InChI=1S/C14H19FN2O3/c1-19-14(5-6-17(9-14)8-13(16)18)10-20-12-4-2-3-11(15)7-12/h2-4,7H,5-6,8-10H2,1H3,(H2,16,18)/t14-/m0/s1. The zero-order chi connectivity index (χ0) is 14.6. The first-order valence-electron chi connectivity index (χ1n) is 6.47. The van der Waals surface area contributed by atoms with Crippen molar-refractivity contribution in [2.24, 2.45) is 5.73 Å². The van der Waals surface area contributed by atoms with Crippen LogP contribution in [0.3, 0.4) is 0 Å². The number of likely N-dealkylation sites (tertiary alicyclic amines) is 1. The molecule has 0 saturated carbocycles. The highest BCUT2D eigenvalue weighted by atomic mass is 19.1. The monoisotopic (exact) mass is 282 g/mol. The molecule has 1 aliphatic heterocycles. The fourth-order valence-electron chi connectivity index (χ4n) is 2.40. The highest BCUT2D eigenvalue weighted by Gasteiger charge is 2.39. The number of hydrogen-bond acceptors (Lipinski definition) is 4. The Kier molecular flexibility index (Phi) is 4.57. The minimum atomic E-state index is -0.484. The second-order valence-electron chi connectivity index (χ2n) is 5.06. The van der Waals surface area contributed by atoms with Gasteiger partial charge in [0.05, 0.1) is 6.54 Å². The molecule has 1 aromatic carbocycles. The van der Waals surface area contributed by atoms with Crippen LogP contribution in [0.1, 0.15) is 6.42 Å². The number of nitrogens with two attached hydrogens (primary N) is 1. The summed E-state index contributed by atoms with van der Waals surface area (Å²) in [5.41, 5.74) is 4.71. The summed E-state index contributed by atoms with van der Waals surface area (Å²) in [5, 5.41) is 0. The van der Waals surface area contributed by atoms with E-state index in [0.29, 0.717) is 18.9 Å². The predicted octanol–water partition coefficient (Wildman–Crippen LogP) is 0.781. The van der Waals surface area contributed by atoms with Crippen LogP contribution in [0.5, 0.6) is 5.75 Å². The minimum absolute atomic E-state index is 0.213. The average molecular weight is 282 g/mol. The Balaban J connectivity index is 1.94. The summed E-state index contributed by atoms with van der Waals surface area (Å²) in [4.78, 5) is 12.9. The third-order valence-corrected chi connectivity index (χ3v) is 3.51. The number of carbonyl (C=O) groups is 1. The number of methoxy groups -OCH3 is 1. The lowest BCUT2D eigenvalue weighted by atomic mass is 10.0. The van der Waals surface area contributed by atoms with Crippen LogP contribution >= 0.6 is 0 Å². The molecule has 110 valence electrons. The Morgan fingerprint density at radius 2 is 2.35 bits per heavy atom. The van der Waals surface area contributed by atoms with Gasteiger partial charge in [-0.05, 0) is 18.6 Å². The molecule has 2 N–H and O–H groups in total. The van der Waals surface area contributed by atoms with Gasteiger partial charge in [0.2, 0.25) is 5.91 Å². The van der Waals surface area contributed by atoms with E-state index < -0.39 is 5.60 Å². The van der Waals surface area contributed by atoms with E-state index in [2.05, 4.69) is 0 Å². The lowest BCUT2D eigenvalue weighted by molar-refractivity contribution is -0.119. The fourth-order valence-corrected chi connectivity index (χ4v) is 2.40. The largest absolute Gasteiger partial charge is 0.490 e. The van der Waals surface area contributed by atoms with Crippen LogP contribution in [0.15, 0.2) is 24.3 Å². The van der Waals surface area contributed by atoms with Gasteiger partial charge in [-0.25, -0.2) is 4.39 Å². The van der Waals surface area contributed by atoms with Crippen molar-refractivity contribution in [3.63, 3.8) is 0 Å². The maximum Gasteiger partial charge on any atom is 0.231 e. The van der Waals surface area contributed by atoms with Crippen molar-refractivity contribution < 1.29 is 18.7 Å². The molecule has 1 amide bonds. The summed E-state index contributed by atoms with van der Waals surface area (Å²) in [6.45, 7) is 1.82. The number of benzene rings is 1. The van der Waals surface area contributed by atoms with E-state index in [1.807, 2.05) is 4.90 Å². The fraction of sp³-hybridized carbons (Fsp3) is 0.500. The van der Waals surface area contributed by atoms with Gasteiger partial charge in [0.25, 0.3) is 0 Å². The van der Waals surface area contributed by atoms with Crippen molar-refractivity contribution in [1.29, 1.82) is 0 Å². The Morgan fingerprint density at radius 1 is 1.55 bits per heavy atom. The summed E-state index contributed by atoms with van der Waals surface area (Å²) < 4.78 is 24.2. The van der Waals surface area contributed by atoms with Crippen LogP contribution in [0.25, 0.3) is 0 Å². The molecule has 0 aromatic heterocycles. The van der Waals surface area contributed by atoms with Crippen LogP contribution in [0.2, 0.25) is 0 Å². The molecular weight excluding hydrogens is 263 g/mol. The van der Waals surface area contributed by atoms with Crippen molar-refractivity contribution in [1.82, 2.24) is 4.90 Å². The molecule has 1 fully saturated rings. The molecule has 6 heteroatoms. The summed E-state index contributed by atoms with van der Waals surface area (Å²) in [6.07, 6.45) is 0.742. The van der Waals surface area contributed by atoms with Gasteiger partial charge in [0.15, 0.2) is 0 Å². The van der Waals surface area contributed by atoms with Gasteiger partial charge in [-0.3, -0.25) is 9.69 Å². The molecule has 20 heavy (non-hydrogen) atoms. The predicted molar refractivity (Wildman–Crippen MR) is 71.9 cm³/mol. The van der Waals surface area contributed by atoms with Gasteiger partial charge in [-0.1, -0.05) is 6.07 Å². The number of amides is 1. The number of halogens is 1.